The van der Waals surface area contributed by atoms with Gasteiger partial charge in [-0.05, 0) is 0 Å². The summed E-state index contributed by atoms with van der Waals surface area (Å²) in [4.78, 5) is 0. The fourth-order valence-corrected chi connectivity index (χ4v) is 1.44. The van der Waals surface area contributed by atoms with Crippen LogP contribution in [0.5, 0.6) is 0 Å². The number of rotatable bonds is 2. The van der Waals surface area contributed by atoms with Crippen LogP contribution < -0.4 is 0 Å². The standard InChI is InChI=1S/C9H9O.W/c1-2-9(10)8-6-4-3-5-7-8;/h3-7,9-10H,2H2;/q;+1. The molecule has 0 aliphatic carbocycles. The van der Waals surface area contributed by atoms with Gasteiger partial charge < -0.3 is 0 Å². The zero-order valence-corrected chi connectivity index (χ0v) is 8.96. The molecule has 0 fully saturated rings. The molecule has 1 N–H and O–H groups in total. The van der Waals surface area contributed by atoms with E-state index in [-0.39, 0.29) is 6.10 Å². The van der Waals surface area contributed by atoms with Crippen molar-refractivity contribution in [2.24, 2.45) is 0 Å². The van der Waals surface area contributed by atoms with Gasteiger partial charge in [-0.25, -0.2) is 0 Å². The molecule has 0 heterocycles. The molecule has 1 nitrogen and oxygen atoms in total. The zero-order chi connectivity index (χ0) is 8.10. The molecule has 0 aromatic heterocycles. The average molecular weight is 317 g/mol. The van der Waals surface area contributed by atoms with Crippen molar-refractivity contribution in [2.75, 3.05) is 0 Å². The van der Waals surface area contributed by atoms with Crippen LogP contribution in [-0.4, -0.2) is 5.11 Å². The number of aliphatic hydroxyl groups excluding tert-OH is 1. The first-order chi connectivity index (χ1) is 5.34. The number of benzene rings is 1. The second-order valence-corrected chi connectivity index (χ2v) is 3.31. The first-order valence-corrected chi connectivity index (χ1v) is 4.89. The second kappa shape index (κ2) is 4.51. The van der Waals surface area contributed by atoms with Crippen LogP contribution in [0.15, 0.2) is 30.3 Å². The predicted molar refractivity (Wildman–Crippen MR) is 39.9 cm³/mol. The van der Waals surface area contributed by atoms with Crippen molar-refractivity contribution in [1.82, 2.24) is 0 Å². The Morgan fingerprint density at radius 2 is 2.00 bits per heavy atom. The Morgan fingerprint density at radius 3 is 2.55 bits per heavy atom. The van der Waals surface area contributed by atoms with Crippen LogP contribution in [0.1, 0.15) is 18.1 Å². The van der Waals surface area contributed by atoms with Gasteiger partial charge in [0.2, 0.25) is 0 Å². The van der Waals surface area contributed by atoms with Crippen molar-refractivity contribution in [3.05, 3.63) is 35.9 Å². The SMILES string of the molecule is OC(C[C]#[W+])c1ccccc1. The van der Waals surface area contributed by atoms with Crippen molar-refractivity contribution in [2.45, 2.75) is 12.5 Å². The molecule has 0 amide bonds. The van der Waals surface area contributed by atoms with Crippen molar-refractivity contribution in [1.29, 1.82) is 0 Å². The van der Waals surface area contributed by atoms with Gasteiger partial charge in [0.05, 0.1) is 0 Å². The third-order valence-electron chi connectivity index (χ3n) is 1.46. The Bertz CT molecular complexity index is 250. The Kier molecular flexibility index (Phi) is 3.58. The van der Waals surface area contributed by atoms with Crippen LogP contribution in [0.2, 0.25) is 0 Å². The zero-order valence-electron chi connectivity index (χ0n) is 6.03. The Balaban J connectivity index is 2.70. The molecular formula is C9H9OW+. The maximum atomic E-state index is 9.47. The first kappa shape index (κ1) is 8.74. The predicted octanol–water partition coefficient (Wildman–Crippen LogP) is 1.62. The number of hydrogen-bond acceptors (Lipinski definition) is 1. The molecule has 1 aromatic carbocycles. The van der Waals surface area contributed by atoms with Gasteiger partial charge in [-0.2, -0.15) is 0 Å². The number of aliphatic hydroxyl groups is 1. The number of hydrogen-bond donors (Lipinski definition) is 1. The monoisotopic (exact) mass is 317 g/mol. The van der Waals surface area contributed by atoms with Gasteiger partial charge in [0.1, 0.15) is 0 Å². The molecule has 0 aliphatic rings. The van der Waals surface area contributed by atoms with Crippen LogP contribution >= 0.6 is 0 Å². The summed E-state index contributed by atoms with van der Waals surface area (Å²) >= 11 is 1.29. The van der Waals surface area contributed by atoms with Crippen LogP contribution in [0.4, 0.5) is 0 Å². The van der Waals surface area contributed by atoms with Crippen molar-refractivity contribution in [3.63, 3.8) is 0 Å². The fraction of sp³-hybridized carbons (Fsp3) is 0.222. The van der Waals surface area contributed by atoms with Gasteiger partial charge in [0, 0.05) is 0 Å². The van der Waals surface area contributed by atoms with Crippen LogP contribution in [0.25, 0.3) is 0 Å². The molecule has 56 valence electrons. The molecule has 1 aromatic rings. The summed E-state index contributed by atoms with van der Waals surface area (Å²) < 4.78 is 3.00. The van der Waals surface area contributed by atoms with Crippen molar-refractivity contribution < 1.29 is 24.3 Å². The minimum atomic E-state index is -0.367. The summed E-state index contributed by atoms with van der Waals surface area (Å²) in [6.07, 6.45) is 0.271. The molecule has 1 unspecified atom stereocenters. The summed E-state index contributed by atoms with van der Waals surface area (Å²) in [5, 5.41) is 9.47. The van der Waals surface area contributed by atoms with E-state index in [1.54, 1.807) is 0 Å². The summed E-state index contributed by atoms with van der Waals surface area (Å²) in [7, 11) is 0. The second-order valence-electron chi connectivity index (χ2n) is 2.27. The molecule has 0 bridgehead atoms. The Hall–Kier alpha value is -0.352. The third kappa shape index (κ3) is 2.63. The summed E-state index contributed by atoms with van der Waals surface area (Å²) in [5.74, 6) is 0. The van der Waals surface area contributed by atoms with Gasteiger partial charge in [-0.3, -0.25) is 0 Å². The van der Waals surface area contributed by atoms with E-state index >= 15 is 0 Å². The molecule has 0 saturated heterocycles. The summed E-state index contributed by atoms with van der Waals surface area (Å²) in [5.41, 5.74) is 0.973. The van der Waals surface area contributed by atoms with E-state index in [1.165, 1.54) is 19.2 Å². The molecule has 1 rings (SSSR count). The molecule has 11 heavy (non-hydrogen) atoms. The van der Waals surface area contributed by atoms with Gasteiger partial charge in [0.15, 0.2) is 0 Å². The Labute approximate surface area is 77.1 Å². The average Bonchev–Trinajstić information content (AvgIpc) is 2.07. The van der Waals surface area contributed by atoms with E-state index in [9.17, 15) is 5.11 Å². The molecule has 1 atom stereocenters. The maximum absolute atomic E-state index is 9.47. The molecule has 2 heteroatoms. The van der Waals surface area contributed by atoms with E-state index < -0.39 is 0 Å². The van der Waals surface area contributed by atoms with Crippen LogP contribution in [-0.2, 0) is 19.2 Å². The summed E-state index contributed by atoms with van der Waals surface area (Å²) in [6.45, 7) is 0. The van der Waals surface area contributed by atoms with Gasteiger partial charge in [-0.1, -0.05) is 0 Å². The normalized spacial score (nSPS) is 12.0. The molecule has 0 spiro atoms. The van der Waals surface area contributed by atoms with Gasteiger partial charge in [-0.15, -0.1) is 0 Å². The van der Waals surface area contributed by atoms with Crippen molar-refractivity contribution in [3.8, 4) is 4.20 Å². The summed E-state index contributed by atoms with van der Waals surface area (Å²) in [6, 6.07) is 9.66. The van der Waals surface area contributed by atoms with Crippen molar-refractivity contribution >= 4 is 0 Å². The van der Waals surface area contributed by atoms with Gasteiger partial charge in [0.25, 0.3) is 0 Å². The van der Waals surface area contributed by atoms with Crippen LogP contribution in [0.3, 0.4) is 0 Å². The van der Waals surface area contributed by atoms with E-state index in [1.807, 2.05) is 30.3 Å². The van der Waals surface area contributed by atoms with Crippen LogP contribution in [0, 0.1) is 4.20 Å². The Morgan fingerprint density at radius 1 is 1.36 bits per heavy atom. The van der Waals surface area contributed by atoms with Gasteiger partial charge >= 0.3 is 76.9 Å². The topological polar surface area (TPSA) is 20.2 Å². The quantitative estimate of drug-likeness (QED) is 0.879. The molecule has 0 aliphatic heterocycles. The minimum absolute atomic E-state index is 0.367. The molecule has 0 radical (unpaired) electrons. The molecular weight excluding hydrogens is 308 g/mol. The van der Waals surface area contributed by atoms with E-state index in [4.69, 9.17) is 0 Å². The first-order valence-electron chi connectivity index (χ1n) is 3.42. The third-order valence-corrected chi connectivity index (χ3v) is 2.06. The molecule has 0 saturated carbocycles. The van der Waals surface area contributed by atoms with E-state index in [0.717, 1.165) is 5.56 Å². The van der Waals surface area contributed by atoms with E-state index in [0.29, 0.717) is 6.42 Å². The fourth-order valence-electron chi connectivity index (χ4n) is 0.872. The van der Waals surface area contributed by atoms with E-state index in [2.05, 4.69) is 4.20 Å².